The van der Waals surface area contributed by atoms with Gasteiger partial charge < -0.3 is 9.42 Å². The number of halogens is 4. The zero-order valence-electron chi connectivity index (χ0n) is 12.6. The van der Waals surface area contributed by atoms with Gasteiger partial charge >= 0.3 is 6.18 Å². The number of carbonyl (C=O) groups is 1. The topological polar surface area (TPSA) is 59.2 Å². The van der Waals surface area contributed by atoms with Gasteiger partial charge in [0.1, 0.15) is 5.82 Å². The van der Waals surface area contributed by atoms with Crippen LogP contribution in [0.15, 0.2) is 22.7 Å². The summed E-state index contributed by atoms with van der Waals surface area (Å²) >= 11 is 0. The molecule has 9 heteroatoms. The Kier molecular flexibility index (Phi) is 4.02. The third-order valence-electron chi connectivity index (χ3n) is 3.90. The quantitative estimate of drug-likeness (QED) is 0.786. The Labute approximate surface area is 134 Å². The number of aromatic nitrogens is 2. The average Bonchev–Trinajstić information content (AvgIpc) is 3.14. The lowest BCUT2D eigenvalue weighted by atomic mass is 10.0. The highest BCUT2D eigenvalue weighted by molar-refractivity contribution is 5.96. The van der Waals surface area contributed by atoms with E-state index < -0.39 is 29.0 Å². The van der Waals surface area contributed by atoms with E-state index in [0.717, 1.165) is 12.1 Å². The van der Waals surface area contributed by atoms with Crippen LogP contribution in [0.25, 0.3) is 0 Å². The monoisotopic (exact) mass is 343 g/mol. The molecule has 5 nitrogen and oxygen atoms in total. The van der Waals surface area contributed by atoms with Crippen molar-refractivity contribution in [3.63, 3.8) is 0 Å². The third kappa shape index (κ3) is 2.98. The van der Waals surface area contributed by atoms with Crippen molar-refractivity contribution in [1.29, 1.82) is 0 Å². The zero-order valence-corrected chi connectivity index (χ0v) is 12.6. The number of alkyl halides is 3. The number of aryl methyl sites for hydroxylation is 1. The van der Waals surface area contributed by atoms with E-state index >= 15 is 0 Å². The largest absolute Gasteiger partial charge is 0.417 e. The Morgan fingerprint density at radius 2 is 2.12 bits per heavy atom. The predicted octanol–water partition coefficient (Wildman–Crippen LogP) is 3.17. The summed E-state index contributed by atoms with van der Waals surface area (Å²) in [5, 5.41) is 3.65. The van der Waals surface area contributed by atoms with Crippen LogP contribution < -0.4 is 0 Å². The van der Waals surface area contributed by atoms with Crippen molar-refractivity contribution in [3.05, 3.63) is 46.9 Å². The van der Waals surface area contributed by atoms with E-state index in [9.17, 15) is 22.4 Å². The molecule has 0 aliphatic carbocycles. The first-order valence-corrected chi connectivity index (χ1v) is 7.22. The van der Waals surface area contributed by atoms with Crippen molar-refractivity contribution >= 4 is 5.91 Å². The highest BCUT2D eigenvalue weighted by Crippen LogP contribution is 2.35. The Hall–Kier alpha value is -2.45. The number of likely N-dealkylation sites (tertiary alicyclic amines) is 1. The summed E-state index contributed by atoms with van der Waals surface area (Å²) in [5.74, 6) is -1.68. The molecule has 128 valence electrons. The molecule has 0 saturated carbocycles. The summed E-state index contributed by atoms with van der Waals surface area (Å²) in [7, 11) is 0. The molecule has 1 atom stereocenters. The van der Waals surface area contributed by atoms with E-state index in [-0.39, 0.29) is 19.0 Å². The van der Waals surface area contributed by atoms with E-state index in [1.165, 1.54) is 4.90 Å². The van der Waals surface area contributed by atoms with Crippen molar-refractivity contribution in [3.8, 4) is 0 Å². The van der Waals surface area contributed by atoms with Crippen molar-refractivity contribution in [1.82, 2.24) is 15.0 Å². The Balaban J connectivity index is 1.86. The van der Waals surface area contributed by atoms with E-state index in [4.69, 9.17) is 4.52 Å². The molecule has 1 aliphatic heterocycles. The smallest absolute Gasteiger partial charge is 0.339 e. The van der Waals surface area contributed by atoms with Gasteiger partial charge in [0.2, 0.25) is 5.89 Å². The third-order valence-corrected chi connectivity index (χ3v) is 3.90. The fourth-order valence-electron chi connectivity index (χ4n) is 2.76. The minimum atomic E-state index is -4.81. The van der Waals surface area contributed by atoms with Gasteiger partial charge in [0.25, 0.3) is 5.91 Å². The van der Waals surface area contributed by atoms with Crippen LogP contribution in [-0.4, -0.2) is 34.0 Å². The second-order valence-electron chi connectivity index (χ2n) is 5.58. The lowest BCUT2D eigenvalue weighted by molar-refractivity contribution is -0.138. The number of hydrogen-bond donors (Lipinski definition) is 0. The van der Waals surface area contributed by atoms with Crippen LogP contribution in [0, 0.1) is 12.7 Å². The molecule has 2 heterocycles. The van der Waals surface area contributed by atoms with Crippen LogP contribution in [0.3, 0.4) is 0 Å². The predicted molar refractivity (Wildman–Crippen MR) is 73.7 cm³/mol. The van der Waals surface area contributed by atoms with Gasteiger partial charge in [-0.15, -0.1) is 0 Å². The minimum absolute atomic E-state index is 0.103. The van der Waals surface area contributed by atoms with Crippen LogP contribution in [0.1, 0.15) is 40.0 Å². The van der Waals surface area contributed by atoms with E-state index in [1.807, 2.05) is 0 Å². The normalized spacial score (nSPS) is 18.2. The number of amides is 1. The first-order valence-electron chi connectivity index (χ1n) is 7.22. The molecule has 3 rings (SSSR count). The summed E-state index contributed by atoms with van der Waals surface area (Å²) in [6.45, 7) is 1.93. The maximum absolute atomic E-state index is 13.9. The van der Waals surface area contributed by atoms with Crippen molar-refractivity contribution < 1.29 is 26.9 Å². The second kappa shape index (κ2) is 5.88. The molecule has 1 amide bonds. The van der Waals surface area contributed by atoms with Gasteiger partial charge in [0.15, 0.2) is 5.82 Å². The fraction of sp³-hybridized carbons (Fsp3) is 0.400. The average molecular weight is 343 g/mol. The molecule has 0 bridgehead atoms. The molecule has 0 N–H and O–H groups in total. The molecule has 1 aromatic heterocycles. The van der Waals surface area contributed by atoms with Gasteiger partial charge in [0, 0.05) is 13.1 Å². The van der Waals surface area contributed by atoms with Gasteiger partial charge in [-0.05, 0) is 25.5 Å². The van der Waals surface area contributed by atoms with Gasteiger partial charge in [0.05, 0.1) is 17.0 Å². The standard InChI is InChI=1S/C15H13F4N3O2/c1-8-20-13(24-21-8)9-5-6-22(7-9)14(23)12-10(15(17,18)19)3-2-4-11(12)16/h2-4,9H,5-7H2,1H3. The molecule has 1 aromatic carbocycles. The van der Waals surface area contributed by atoms with Crippen molar-refractivity contribution in [2.45, 2.75) is 25.4 Å². The Morgan fingerprint density at radius 1 is 1.38 bits per heavy atom. The molecular weight excluding hydrogens is 330 g/mol. The molecule has 2 aromatic rings. The SMILES string of the molecule is Cc1noc(C2CCN(C(=O)c3c(F)cccc3C(F)(F)F)C2)n1. The number of carbonyl (C=O) groups excluding carboxylic acids is 1. The zero-order chi connectivity index (χ0) is 17.5. The first kappa shape index (κ1) is 16.4. The molecule has 1 fully saturated rings. The highest BCUT2D eigenvalue weighted by atomic mass is 19.4. The number of rotatable bonds is 2. The molecule has 0 radical (unpaired) electrons. The Bertz CT molecular complexity index is 772. The molecule has 1 saturated heterocycles. The van der Waals surface area contributed by atoms with Gasteiger partial charge in [-0.3, -0.25) is 4.79 Å². The molecule has 1 unspecified atom stereocenters. The maximum Gasteiger partial charge on any atom is 0.417 e. The maximum atomic E-state index is 13.9. The molecular formula is C15H13F4N3O2. The van der Waals surface area contributed by atoms with Gasteiger partial charge in [-0.2, -0.15) is 18.2 Å². The van der Waals surface area contributed by atoms with Crippen molar-refractivity contribution in [2.24, 2.45) is 0 Å². The van der Waals surface area contributed by atoms with E-state index in [0.29, 0.717) is 24.2 Å². The van der Waals surface area contributed by atoms with E-state index in [2.05, 4.69) is 10.1 Å². The summed E-state index contributed by atoms with van der Waals surface area (Å²) in [4.78, 5) is 17.7. The van der Waals surface area contributed by atoms with Crippen LogP contribution in [0.4, 0.5) is 17.6 Å². The first-order chi connectivity index (χ1) is 11.3. The van der Waals surface area contributed by atoms with Crippen LogP contribution in [-0.2, 0) is 6.18 Å². The molecule has 24 heavy (non-hydrogen) atoms. The summed E-state index contributed by atoms with van der Waals surface area (Å²) in [6, 6.07) is 2.48. The van der Waals surface area contributed by atoms with Crippen LogP contribution >= 0.6 is 0 Å². The van der Waals surface area contributed by atoms with E-state index in [1.54, 1.807) is 6.92 Å². The van der Waals surface area contributed by atoms with Crippen LogP contribution in [0.5, 0.6) is 0 Å². The van der Waals surface area contributed by atoms with Crippen molar-refractivity contribution in [2.75, 3.05) is 13.1 Å². The summed E-state index contributed by atoms with van der Waals surface area (Å²) < 4.78 is 58.1. The van der Waals surface area contributed by atoms with Crippen LogP contribution in [0.2, 0.25) is 0 Å². The van der Waals surface area contributed by atoms with Gasteiger partial charge in [-0.1, -0.05) is 11.2 Å². The second-order valence-corrected chi connectivity index (χ2v) is 5.58. The molecule has 0 spiro atoms. The number of hydrogen-bond acceptors (Lipinski definition) is 4. The summed E-state index contributed by atoms with van der Waals surface area (Å²) in [6.07, 6.45) is -4.35. The Morgan fingerprint density at radius 3 is 2.75 bits per heavy atom. The fourth-order valence-corrected chi connectivity index (χ4v) is 2.76. The number of benzene rings is 1. The highest BCUT2D eigenvalue weighted by Gasteiger charge is 2.39. The summed E-state index contributed by atoms with van der Waals surface area (Å²) in [5.41, 5.74) is -2.23. The lowest BCUT2D eigenvalue weighted by Crippen LogP contribution is -2.31. The minimum Gasteiger partial charge on any atom is -0.339 e. The molecule has 1 aliphatic rings. The van der Waals surface area contributed by atoms with Gasteiger partial charge in [-0.25, -0.2) is 4.39 Å². The number of nitrogens with zero attached hydrogens (tertiary/aromatic N) is 3. The lowest BCUT2D eigenvalue weighted by Gasteiger charge is -2.19.